The number of hydrogen-bond donors (Lipinski definition) is 3. The van der Waals surface area contributed by atoms with E-state index in [0.29, 0.717) is 34.7 Å². The van der Waals surface area contributed by atoms with Gasteiger partial charge in [0.2, 0.25) is 5.16 Å². The lowest BCUT2D eigenvalue weighted by Crippen LogP contribution is -2.46. The highest BCUT2D eigenvalue weighted by Crippen LogP contribution is 2.23. The highest BCUT2D eigenvalue weighted by molar-refractivity contribution is 7.99. The summed E-state index contributed by atoms with van der Waals surface area (Å²) in [6.45, 7) is 5.19. The van der Waals surface area contributed by atoms with Gasteiger partial charge in [-0.1, -0.05) is 43.3 Å². The lowest BCUT2D eigenvalue weighted by Gasteiger charge is -2.24. The van der Waals surface area contributed by atoms with Gasteiger partial charge in [0.05, 0.1) is 12.1 Å². The molecule has 8 nitrogen and oxygen atoms in total. The van der Waals surface area contributed by atoms with Crippen LogP contribution in [0.5, 0.6) is 0 Å². The first kappa shape index (κ1) is 33.1. The Morgan fingerprint density at radius 1 is 1.00 bits per heavy atom. The van der Waals surface area contributed by atoms with Gasteiger partial charge in [0, 0.05) is 46.6 Å². The van der Waals surface area contributed by atoms with Gasteiger partial charge in [-0.25, -0.2) is 13.8 Å². The minimum atomic E-state index is -1.15. The molecule has 0 aliphatic carbocycles. The van der Waals surface area contributed by atoms with Crippen molar-refractivity contribution >= 4 is 35.2 Å². The van der Waals surface area contributed by atoms with E-state index < -0.39 is 29.7 Å². The molecule has 1 heterocycles. The fourth-order valence-corrected chi connectivity index (χ4v) is 5.62. The number of rotatable bonds is 14. The number of H-pyrrole nitrogens is 1. The van der Waals surface area contributed by atoms with Gasteiger partial charge < -0.3 is 15.3 Å². The summed E-state index contributed by atoms with van der Waals surface area (Å²) in [5.41, 5.74) is 1.64. The highest BCUT2D eigenvalue weighted by atomic mass is 35.5. The summed E-state index contributed by atoms with van der Waals surface area (Å²) in [7, 11) is 0. The lowest BCUT2D eigenvalue weighted by atomic mass is 10.0. The molecule has 3 N–H and O–H groups in total. The molecule has 0 aliphatic rings. The molecule has 12 heteroatoms. The maximum Gasteiger partial charge on any atom is 0.253 e. The van der Waals surface area contributed by atoms with E-state index in [9.17, 15) is 23.5 Å². The lowest BCUT2D eigenvalue weighted by molar-refractivity contribution is 0.0755. The van der Waals surface area contributed by atoms with Crippen LogP contribution in [-0.4, -0.2) is 68.0 Å². The standard InChI is InChI=1S/C32H34ClF2N5O3S/c1-3-12-40(13-4-2)31(43)23-7-5-6-22(17-23)30(42)36-27(16-20-14-25(34)18-26(35)15-20)28(41)19-44-32-37-29(38-39-32)21-8-10-24(33)11-9-21/h5-11,14-15,17-18,27-28,41H,3-4,12-13,16,19H2,1-2H3,(H,36,42)(H,37,38,39). The number of amides is 2. The van der Waals surface area contributed by atoms with Gasteiger partial charge in [-0.3, -0.25) is 14.7 Å². The number of carbonyl (C=O) groups is 2. The second-order valence-electron chi connectivity index (χ2n) is 10.3. The van der Waals surface area contributed by atoms with E-state index in [1.54, 1.807) is 47.4 Å². The number of aliphatic hydroxyl groups excluding tert-OH is 1. The number of carbonyl (C=O) groups excluding carboxylic acids is 2. The highest BCUT2D eigenvalue weighted by Gasteiger charge is 2.25. The van der Waals surface area contributed by atoms with E-state index in [-0.39, 0.29) is 29.2 Å². The number of aliphatic hydroxyl groups is 1. The molecule has 232 valence electrons. The van der Waals surface area contributed by atoms with Crippen molar-refractivity contribution < 1.29 is 23.5 Å². The number of benzene rings is 3. The monoisotopic (exact) mass is 641 g/mol. The van der Waals surface area contributed by atoms with Crippen molar-refractivity contribution in [1.82, 2.24) is 25.4 Å². The Morgan fingerprint density at radius 2 is 1.66 bits per heavy atom. The second-order valence-corrected chi connectivity index (χ2v) is 11.7. The Bertz CT molecular complexity index is 1540. The van der Waals surface area contributed by atoms with Crippen molar-refractivity contribution in [2.45, 2.75) is 50.4 Å². The van der Waals surface area contributed by atoms with E-state index >= 15 is 0 Å². The van der Waals surface area contributed by atoms with Crippen LogP contribution < -0.4 is 5.32 Å². The molecule has 4 rings (SSSR count). The van der Waals surface area contributed by atoms with Crippen molar-refractivity contribution in [3.63, 3.8) is 0 Å². The maximum atomic E-state index is 14.0. The SMILES string of the molecule is CCCN(CCC)C(=O)c1cccc(C(=O)NC(Cc2cc(F)cc(F)c2)C(O)CSc2n[nH]c(-c3ccc(Cl)cc3)n2)c1. The van der Waals surface area contributed by atoms with Crippen molar-refractivity contribution in [2.24, 2.45) is 0 Å². The molecule has 0 aliphatic heterocycles. The average molecular weight is 642 g/mol. The van der Waals surface area contributed by atoms with Crippen molar-refractivity contribution in [2.75, 3.05) is 18.8 Å². The van der Waals surface area contributed by atoms with Gasteiger partial charge >= 0.3 is 0 Å². The van der Waals surface area contributed by atoms with Crippen LogP contribution in [0.15, 0.2) is 71.9 Å². The zero-order chi connectivity index (χ0) is 31.6. The zero-order valence-corrected chi connectivity index (χ0v) is 26.0. The summed E-state index contributed by atoms with van der Waals surface area (Å²) in [5.74, 6) is -1.65. The third-order valence-electron chi connectivity index (χ3n) is 6.77. The fourth-order valence-electron chi connectivity index (χ4n) is 4.67. The molecular weight excluding hydrogens is 608 g/mol. The summed E-state index contributed by atoms with van der Waals surface area (Å²) >= 11 is 7.11. The number of nitrogens with zero attached hydrogens (tertiary/aromatic N) is 3. The van der Waals surface area contributed by atoms with Crippen molar-refractivity contribution in [3.05, 3.63) is 100 Å². The summed E-state index contributed by atoms with van der Waals surface area (Å²) in [4.78, 5) is 32.7. The first-order valence-electron chi connectivity index (χ1n) is 14.3. The minimum Gasteiger partial charge on any atom is -0.390 e. The predicted molar refractivity (Wildman–Crippen MR) is 168 cm³/mol. The summed E-state index contributed by atoms with van der Waals surface area (Å²) < 4.78 is 28.0. The van der Waals surface area contributed by atoms with Crippen LogP contribution in [0.25, 0.3) is 11.4 Å². The van der Waals surface area contributed by atoms with Gasteiger partial charge in [0.25, 0.3) is 11.8 Å². The molecule has 0 saturated heterocycles. The van der Waals surface area contributed by atoms with Crippen LogP contribution in [0.2, 0.25) is 5.02 Å². The molecule has 3 aromatic carbocycles. The number of halogens is 3. The Hall–Kier alpha value is -3.80. The Labute approximate surface area is 264 Å². The van der Waals surface area contributed by atoms with Gasteiger partial charge in [-0.15, -0.1) is 5.10 Å². The van der Waals surface area contributed by atoms with Gasteiger partial charge in [0.1, 0.15) is 11.6 Å². The van der Waals surface area contributed by atoms with Gasteiger partial charge in [-0.2, -0.15) is 0 Å². The van der Waals surface area contributed by atoms with E-state index in [2.05, 4.69) is 20.5 Å². The molecule has 2 unspecified atom stereocenters. The zero-order valence-electron chi connectivity index (χ0n) is 24.4. The first-order chi connectivity index (χ1) is 21.2. The summed E-state index contributed by atoms with van der Waals surface area (Å²) in [5, 5.41) is 22.0. The van der Waals surface area contributed by atoms with E-state index in [1.165, 1.54) is 6.07 Å². The molecule has 0 saturated carbocycles. The fraction of sp³-hybridized carbons (Fsp3) is 0.312. The normalized spacial score (nSPS) is 12.5. The van der Waals surface area contributed by atoms with Gasteiger partial charge in [-0.05, 0) is 79.4 Å². The molecular formula is C32H34ClF2N5O3S. The van der Waals surface area contributed by atoms with Crippen LogP contribution >= 0.6 is 23.4 Å². The number of thioether (sulfide) groups is 1. The predicted octanol–water partition coefficient (Wildman–Crippen LogP) is 6.16. The molecule has 44 heavy (non-hydrogen) atoms. The van der Waals surface area contributed by atoms with Crippen LogP contribution in [0.1, 0.15) is 53.0 Å². The number of aromatic amines is 1. The maximum absolute atomic E-state index is 14.0. The second kappa shape index (κ2) is 15.8. The number of hydrogen-bond acceptors (Lipinski definition) is 6. The molecule has 4 aromatic rings. The number of aromatic nitrogens is 3. The smallest absolute Gasteiger partial charge is 0.253 e. The molecule has 1 aromatic heterocycles. The molecule has 2 atom stereocenters. The minimum absolute atomic E-state index is 0.0500. The van der Waals surface area contributed by atoms with Crippen molar-refractivity contribution in [1.29, 1.82) is 0 Å². The Kier molecular flexibility index (Phi) is 11.9. The quantitative estimate of drug-likeness (QED) is 0.142. The topological polar surface area (TPSA) is 111 Å². The van der Waals surface area contributed by atoms with E-state index in [1.807, 2.05) is 13.8 Å². The Morgan fingerprint density at radius 3 is 2.32 bits per heavy atom. The molecule has 0 spiro atoms. The first-order valence-corrected chi connectivity index (χ1v) is 15.7. The van der Waals surface area contributed by atoms with E-state index in [4.69, 9.17) is 11.6 Å². The largest absolute Gasteiger partial charge is 0.390 e. The third-order valence-corrected chi connectivity index (χ3v) is 7.97. The van der Waals surface area contributed by atoms with Crippen molar-refractivity contribution in [3.8, 4) is 11.4 Å². The van der Waals surface area contributed by atoms with Gasteiger partial charge in [0.15, 0.2) is 5.82 Å². The summed E-state index contributed by atoms with van der Waals surface area (Å²) in [6, 6.07) is 15.6. The van der Waals surface area contributed by atoms with Crippen LogP contribution in [0, 0.1) is 11.6 Å². The van der Waals surface area contributed by atoms with E-state index in [0.717, 1.165) is 48.4 Å². The molecule has 0 fully saturated rings. The third kappa shape index (κ3) is 9.10. The molecule has 0 bridgehead atoms. The summed E-state index contributed by atoms with van der Waals surface area (Å²) in [6.07, 6.45) is 0.411. The Balaban J connectivity index is 1.50. The average Bonchev–Trinajstić information content (AvgIpc) is 3.48. The number of nitrogens with one attached hydrogen (secondary N) is 2. The van der Waals surface area contributed by atoms with Crippen LogP contribution in [0.4, 0.5) is 8.78 Å². The molecule has 2 amide bonds. The molecule has 0 radical (unpaired) electrons. The van der Waals surface area contributed by atoms with Crippen LogP contribution in [0.3, 0.4) is 0 Å². The van der Waals surface area contributed by atoms with Crippen LogP contribution in [-0.2, 0) is 6.42 Å².